The van der Waals surface area contributed by atoms with E-state index in [0.29, 0.717) is 22.9 Å². The summed E-state index contributed by atoms with van der Waals surface area (Å²) < 4.78 is 28.7. The normalized spacial score (nSPS) is 15.0. The molecule has 1 atom stereocenters. The molecule has 3 heterocycles. The van der Waals surface area contributed by atoms with Gasteiger partial charge >= 0.3 is 0 Å². The fraction of sp³-hybridized carbons (Fsp3) is 0.269. The molecule has 5 rings (SSSR count). The second-order valence-electron chi connectivity index (χ2n) is 8.85. The SMILES string of the molecule is CC(O)n1cc(-c2cnc(Nc3cc(F)cc(F)c3)nc2Nc2ccc(C3CCNCC3)cc2)cn1. The first kappa shape index (κ1) is 23.8. The van der Waals surface area contributed by atoms with Crippen molar-refractivity contribution < 1.29 is 13.9 Å². The third kappa shape index (κ3) is 5.50. The lowest BCUT2D eigenvalue weighted by Crippen LogP contribution is -2.26. The number of benzene rings is 2. The van der Waals surface area contributed by atoms with Gasteiger partial charge in [0.25, 0.3) is 0 Å². The van der Waals surface area contributed by atoms with Crippen LogP contribution in [-0.4, -0.2) is 37.9 Å². The van der Waals surface area contributed by atoms with Crippen molar-refractivity contribution in [3.05, 3.63) is 78.3 Å². The van der Waals surface area contributed by atoms with Crippen LogP contribution in [0.15, 0.2) is 61.1 Å². The van der Waals surface area contributed by atoms with Gasteiger partial charge in [0.2, 0.25) is 5.95 Å². The average Bonchev–Trinajstić information content (AvgIpc) is 3.35. The molecule has 8 nitrogen and oxygen atoms in total. The Bertz CT molecular complexity index is 1310. The Balaban J connectivity index is 1.45. The van der Waals surface area contributed by atoms with E-state index >= 15 is 0 Å². The van der Waals surface area contributed by atoms with E-state index in [1.54, 1.807) is 25.5 Å². The van der Waals surface area contributed by atoms with Crippen LogP contribution in [0.5, 0.6) is 0 Å². The van der Waals surface area contributed by atoms with Crippen LogP contribution in [0.3, 0.4) is 0 Å². The standard InChI is InChI=1S/C26H27F2N7O/c1-16(36)35-15-19(13-31-35)24-14-30-26(33-23-11-20(27)10-21(28)12-23)34-25(24)32-22-4-2-17(3-5-22)18-6-8-29-9-7-18/h2-5,10-16,18,29,36H,6-9H2,1H3,(H2,30,32,33,34). The lowest BCUT2D eigenvalue weighted by molar-refractivity contribution is 0.111. The van der Waals surface area contributed by atoms with Crippen LogP contribution in [0.4, 0.5) is 31.9 Å². The number of halogens is 2. The summed E-state index contributed by atoms with van der Waals surface area (Å²) in [5.41, 5.74) is 3.68. The van der Waals surface area contributed by atoms with Crippen LogP contribution in [0.2, 0.25) is 0 Å². The van der Waals surface area contributed by atoms with Gasteiger partial charge in [-0.15, -0.1) is 0 Å². The molecule has 1 saturated heterocycles. The Hall–Kier alpha value is -3.89. The highest BCUT2D eigenvalue weighted by Crippen LogP contribution is 2.32. The lowest BCUT2D eigenvalue weighted by atomic mass is 9.90. The fourth-order valence-electron chi connectivity index (χ4n) is 4.32. The first-order valence-corrected chi connectivity index (χ1v) is 11.8. The maximum Gasteiger partial charge on any atom is 0.229 e. The predicted octanol–water partition coefficient (Wildman–Crippen LogP) is 5.08. The van der Waals surface area contributed by atoms with Crippen LogP contribution in [0, 0.1) is 11.6 Å². The van der Waals surface area contributed by atoms with Gasteiger partial charge in [0, 0.05) is 41.0 Å². The third-order valence-electron chi connectivity index (χ3n) is 6.19. The molecule has 0 spiro atoms. The number of nitrogens with one attached hydrogen (secondary N) is 3. The molecule has 0 saturated carbocycles. The van der Waals surface area contributed by atoms with Crippen LogP contribution in [-0.2, 0) is 0 Å². The van der Waals surface area contributed by atoms with Crippen LogP contribution >= 0.6 is 0 Å². The van der Waals surface area contributed by atoms with Crippen LogP contribution in [0.1, 0.15) is 37.5 Å². The van der Waals surface area contributed by atoms with Gasteiger partial charge in [0.1, 0.15) is 23.7 Å². The number of anilines is 4. The summed E-state index contributed by atoms with van der Waals surface area (Å²) in [6, 6.07) is 11.4. The number of hydrogen-bond acceptors (Lipinski definition) is 7. The average molecular weight is 492 g/mol. The van der Waals surface area contributed by atoms with Crippen molar-refractivity contribution in [1.29, 1.82) is 0 Å². The number of piperidine rings is 1. The summed E-state index contributed by atoms with van der Waals surface area (Å²) in [4.78, 5) is 8.91. The molecule has 0 aliphatic carbocycles. The number of nitrogens with zero attached hydrogens (tertiary/aromatic N) is 4. The molecular weight excluding hydrogens is 464 g/mol. The highest BCUT2D eigenvalue weighted by molar-refractivity contribution is 5.78. The Morgan fingerprint density at radius 3 is 2.39 bits per heavy atom. The quantitative estimate of drug-likeness (QED) is 0.286. The second kappa shape index (κ2) is 10.4. The van der Waals surface area contributed by atoms with E-state index in [4.69, 9.17) is 0 Å². The van der Waals surface area contributed by atoms with Crippen LogP contribution in [0.25, 0.3) is 11.1 Å². The van der Waals surface area contributed by atoms with Crippen molar-refractivity contribution in [2.75, 3.05) is 23.7 Å². The number of aliphatic hydroxyl groups is 1. The van der Waals surface area contributed by atoms with E-state index in [-0.39, 0.29) is 11.6 Å². The zero-order valence-electron chi connectivity index (χ0n) is 19.7. The molecule has 1 unspecified atom stereocenters. The Kier molecular flexibility index (Phi) is 6.88. The molecule has 1 aliphatic rings. The summed E-state index contributed by atoms with van der Waals surface area (Å²) >= 11 is 0. The third-order valence-corrected chi connectivity index (χ3v) is 6.19. The minimum Gasteiger partial charge on any atom is -0.372 e. The van der Waals surface area contributed by atoms with Gasteiger partial charge in [-0.2, -0.15) is 10.1 Å². The van der Waals surface area contributed by atoms with Crippen molar-refractivity contribution in [3.8, 4) is 11.1 Å². The van der Waals surface area contributed by atoms with Crippen molar-refractivity contribution in [2.45, 2.75) is 31.9 Å². The predicted molar refractivity (Wildman–Crippen MR) is 134 cm³/mol. The van der Waals surface area contributed by atoms with E-state index in [0.717, 1.165) is 37.7 Å². The molecule has 36 heavy (non-hydrogen) atoms. The first-order chi connectivity index (χ1) is 17.4. The number of hydrogen-bond donors (Lipinski definition) is 4. The summed E-state index contributed by atoms with van der Waals surface area (Å²) in [7, 11) is 0. The molecule has 2 aromatic carbocycles. The molecule has 2 aromatic heterocycles. The van der Waals surface area contributed by atoms with Crippen LogP contribution < -0.4 is 16.0 Å². The highest BCUT2D eigenvalue weighted by Gasteiger charge is 2.16. The lowest BCUT2D eigenvalue weighted by Gasteiger charge is -2.23. The van der Waals surface area contributed by atoms with Crippen molar-refractivity contribution in [3.63, 3.8) is 0 Å². The minimum absolute atomic E-state index is 0.167. The zero-order chi connectivity index (χ0) is 25.1. The Morgan fingerprint density at radius 2 is 1.72 bits per heavy atom. The maximum atomic E-state index is 13.7. The topological polar surface area (TPSA) is 99.9 Å². The van der Waals surface area contributed by atoms with Gasteiger partial charge in [-0.25, -0.2) is 18.4 Å². The maximum absolute atomic E-state index is 13.7. The van der Waals surface area contributed by atoms with E-state index in [1.165, 1.54) is 22.4 Å². The van der Waals surface area contributed by atoms with Crippen molar-refractivity contribution in [2.24, 2.45) is 0 Å². The molecule has 1 fully saturated rings. The molecular formula is C26H27F2N7O. The number of aromatic nitrogens is 4. The molecule has 4 N–H and O–H groups in total. The Labute approximate surface area is 207 Å². The molecule has 1 aliphatic heterocycles. The van der Waals surface area contributed by atoms with Gasteiger partial charge in [-0.05, 0) is 68.6 Å². The smallest absolute Gasteiger partial charge is 0.229 e. The second-order valence-corrected chi connectivity index (χ2v) is 8.85. The van der Waals surface area contributed by atoms with E-state index in [1.807, 2.05) is 12.1 Å². The van der Waals surface area contributed by atoms with E-state index < -0.39 is 17.9 Å². The monoisotopic (exact) mass is 491 g/mol. The minimum atomic E-state index is -0.789. The number of rotatable bonds is 7. The molecule has 0 bridgehead atoms. The van der Waals surface area contributed by atoms with Gasteiger partial charge in [0.15, 0.2) is 0 Å². The van der Waals surface area contributed by atoms with Crippen molar-refractivity contribution in [1.82, 2.24) is 25.1 Å². The molecule has 0 amide bonds. The summed E-state index contributed by atoms with van der Waals surface area (Å²) in [6.07, 6.45) is 6.36. The molecule has 186 valence electrons. The molecule has 10 heteroatoms. The van der Waals surface area contributed by atoms with E-state index in [9.17, 15) is 13.9 Å². The fourth-order valence-corrected chi connectivity index (χ4v) is 4.32. The largest absolute Gasteiger partial charge is 0.372 e. The number of aliphatic hydroxyl groups excluding tert-OH is 1. The molecule has 4 aromatic rings. The van der Waals surface area contributed by atoms with Gasteiger partial charge in [-0.3, -0.25) is 0 Å². The van der Waals surface area contributed by atoms with Gasteiger partial charge < -0.3 is 21.1 Å². The summed E-state index contributed by atoms with van der Waals surface area (Å²) in [5, 5.41) is 23.6. The van der Waals surface area contributed by atoms with Gasteiger partial charge in [-0.1, -0.05) is 12.1 Å². The first-order valence-electron chi connectivity index (χ1n) is 11.8. The highest BCUT2D eigenvalue weighted by atomic mass is 19.1. The molecule has 0 radical (unpaired) electrons. The summed E-state index contributed by atoms with van der Waals surface area (Å²) in [5.74, 6) is -0.216. The van der Waals surface area contributed by atoms with Gasteiger partial charge in [0.05, 0.1) is 6.20 Å². The zero-order valence-corrected chi connectivity index (χ0v) is 19.7. The van der Waals surface area contributed by atoms with E-state index in [2.05, 4.69) is 43.1 Å². The van der Waals surface area contributed by atoms with Crippen molar-refractivity contribution >= 4 is 23.1 Å². The Morgan fingerprint density at radius 1 is 1.00 bits per heavy atom. The summed E-state index contributed by atoms with van der Waals surface area (Å²) in [6.45, 7) is 3.67.